The van der Waals surface area contributed by atoms with Gasteiger partial charge in [0.15, 0.2) is 0 Å². The monoisotopic (exact) mass is 252 g/mol. The van der Waals surface area contributed by atoms with Gasteiger partial charge in [-0.1, -0.05) is 26.2 Å². The molecule has 0 aromatic carbocycles. The van der Waals surface area contributed by atoms with E-state index >= 15 is 0 Å². The van der Waals surface area contributed by atoms with E-state index in [1.165, 1.54) is 32.1 Å². The molecule has 0 spiro atoms. The van der Waals surface area contributed by atoms with E-state index in [1.54, 1.807) is 0 Å². The highest BCUT2D eigenvalue weighted by Crippen LogP contribution is 2.28. The molecule has 1 saturated carbocycles. The third kappa shape index (κ3) is 3.71. The molecule has 2 unspecified atom stereocenters. The van der Waals surface area contributed by atoms with Crippen molar-refractivity contribution in [2.24, 2.45) is 5.92 Å². The standard InChI is InChI=1S/C15H28N2O/c1-2-13(12-8-4-3-5-9-12)17-14-10-6-7-11-16-15(14)18/h12-14,17H,2-11H2,1H3,(H,16,18). The summed E-state index contributed by atoms with van der Waals surface area (Å²) in [5, 5.41) is 6.68. The molecule has 1 amide bonds. The van der Waals surface area contributed by atoms with Crippen LogP contribution >= 0.6 is 0 Å². The van der Waals surface area contributed by atoms with Crippen LogP contribution in [-0.4, -0.2) is 24.5 Å². The van der Waals surface area contributed by atoms with E-state index in [2.05, 4.69) is 17.6 Å². The molecule has 104 valence electrons. The average molecular weight is 252 g/mol. The van der Waals surface area contributed by atoms with Crippen molar-refractivity contribution >= 4 is 5.91 Å². The number of carbonyl (C=O) groups excluding carboxylic acids is 1. The second kappa shape index (κ2) is 7.13. The van der Waals surface area contributed by atoms with Gasteiger partial charge in [-0.2, -0.15) is 0 Å². The minimum atomic E-state index is 0.0550. The Bertz CT molecular complexity index is 261. The van der Waals surface area contributed by atoms with Crippen LogP contribution < -0.4 is 10.6 Å². The summed E-state index contributed by atoms with van der Waals surface area (Å²) in [5.41, 5.74) is 0. The van der Waals surface area contributed by atoms with Gasteiger partial charge in [0, 0.05) is 12.6 Å². The van der Waals surface area contributed by atoms with Crippen LogP contribution in [0.25, 0.3) is 0 Å². The third-order valence-electron chi connectivity index (χ3n) is 4.61. The van der Waals surface area contributed by atoms with E-state index in [4.69, 9.17) is 0 Å². The first-order valence-electron chi connectivity index (χ1n) is 7.85. The summed E-state index contributed by atoms with van der Waals surface area (Å²) in [6, 6.07) is 0.596. The fraction of sp³-hybridized carbons (Fsp3) is 0.933. The molecule has 3 heteroatoms. The first kappa shape index (κ1) is 13.9. The van der Waals surface area contributed by atoms with Crippen molar-refractivity contribution in [3.63, 3.8) is 0 Å². The van der Waals surface area contributed by atoms with Gasteiger partial charge >= 0.3 is 0 Å². The predicted molar refractivity (Wildman–Crippen MR) is 74.4 cm³/mol. The van der Waals surface area contributed by atoms with Crippen LogP contribution in [0.3, 0.4) is 0 Å². The SMILES string of the molecule is CCC(NC1CCCCNC1=O)C1CCCCC1. The van der Waals surface area contributed by atoms with Gasteiger partial charge in [-0.3, -0.25) is 4.79 Å². The molecule has 2 atom stereocenters. The Kier molecular flexibility index (Phi) is 5.48. The molecule has 1 aliphatic carbocycles. The summed E-state index contributed by atoms with van der Waals surface area (Å²) < 4.78 is 0. The van der Waals surface area contributed by atoms with Crippen LogP contribution in [-0.2, 0) is 4.79 Å². The van der Waals surface area contributed by atoms with Crippen LogP contribution in [0.2, 0.25) is 0 Å². The maximum Gasteiger partial charge on any atom is 0.237 e. The van der Waals surface area contributed by atoms with E-state index < -0.39 is 0 Å². The number of carbonyl (C=O) groups is 1. The zero-order valence-corrected chi connectivity index (χ0v) is 11.7. The lowest BCUT2D eigenvalue weighted by Crippen LogP contribution is -2.49. The molecular formula is C15H28N2O. The van der Waals surface area contributed by atoms with Crippen LogP contribution in [0, 0.1) is 5.92 Å². The van der Waals surface area contributed by atoms with Crippen molar-refractivity contribution in [2.45, 2.75) is 76.8 Å². The minimum absolute atomic E-state index is 0.0550. The lowest BCUT2D eigenvalue weighted by Gasteiger charge is -2.32. The number of hydrogen-bond donors (Lipinski definition) is 2. The van der Waals surface area contributed by atoms with Crippen LogP contribution in [0.4, 0.5) is 0 Å². The normalized spacial score (nSPS) is 28.5. The molecular weight excluding hydrogens is 224 g/mol. The fourth-order valence-electron chi connectivity index (χ4n) is 3.48. The molecule has 0 aromatic rings. The van der Waals surface area contributed by atoms with Crippen molar-refractivity contribution in [3.05, 3.63) is 0 Å². The molecule has 0 aromatic heterocycles. The first-order valence-corrected chi connectivity index (χ1v) is 7.85. The van der Waals surface area contributed by atoms with Crippen molar-refractivity contribution in [2.75, 3.05) is 6.54 Å². The van der Waals surface area contributed by atoms with Gasteiger partial charge in [0.25, 0.3) is 0 Å². The Labute approximate surface area is 111 Å². The topological polar surface area (TPSA) is 41.1 Å². The van der Waals surface area contributed by atoms with E-state index in [-0.39, 0.29) is 11.9 Å². The smallest absolute Gasteiger partial charge is 0.237 e. The second-order valence-corrected chi connectivity index (χ2v) is 5.92. The zero-order chi connectivity index (χ0) is 12.8. The summed E-state index contributed by atoms with van der Waals surface area (Å²) in [7, 11) is 0. The Morgan fingerprint density at radius 2 is 1.89 bits per heavy atom. The summed E-state index contributed by atoms with van der Waals surface area (Å²) in [4.78, 5) is 12.0. The molecule has 2 aliphatic rings. The molecule has 1 saturated heterocycles. The molecule has 2 fully saturated rings. The minimum Gasteiger partial charge on any atom is -0.355 e. The Balaban J connectivity index is 1.89. The second-order valence-electron chi connectivity index (χ2n) is 5.92. The quantitative estimate of drug-likeness (QED) is 0.807. The zero-order valence-electron chi connectivity index (χ0n) is 11.7. The summed E-state index contributed by atoms with van der Waals surface area (Å²) in [6.45, 7) is 3.11. The van der Waals surface area contributed by atoms with Gasteiger partial charge < -0.3 is 10.6 Å². The van der Waals surface area contributed by atoms with E-state index in [0.29, 0.717) is 6.04 Å². The highest BCUT2D eigenvalue weighted by molar-refractivity contribution is 5.81. The maximum absolute atomic E-state index is 12.0. The Morgan fingerprint density at radius 1 is 1.17 bits per heavy atom. The van der Waals surface area contributed by atoms with Crippen molar-refractivity contribution in [3.8, 4) is 0 Å². The van der Waals surface area contributed by atoms with E-state index in [9.17, 15) is 4.79 Å². The lowest BCUT2D eigenvalue weighted by atomic mass is 9.82. The maximum atomic E-state index is 12.0. The first-order chi connectivity index (χ1) is 8.81. The highest BCUT2D eigenvalue weighted by atomic mass is 16.2. The van der Waals surface area contributed by atoms with Crippen molar-refractivity contribution < 1.29 is 4.79 Å². The van der Waals surface area contributed by atoms with Gasteiger partial charge in [-0.25, -0.2) is 0 Å². The number of hydrogen-bond acceptors (Lipinski definition) is 2. The van der Waals surface area contributed by atoms with E-state index in [0.717, 1.165) is 38.1 Å². The Morgan fingerprint density at radius 3 is 2.61 bits per heavy atom. The summed E-state index contributed by atoms with van der Waals surface area (Å²) in [5.74, 6) is 1.02. The van der Waals surface area contributed by atoms with Gasteiger partial charge in [-0.05, 0) is 44.4 Å². The van der Waals surface area contributed by atoms with Gasteiger partial charge in [0.05, 0.1) is 6.04 Å². The molecule has 2 rings (SSSR count). The predicted octanol–water partition coefficient (Wildman–Crippen LogP) is 2.60. The van der Waals surface area contributed by atoms with Crippen LogP contribution in [0.1, 0.15) is 64.7 Å². The van der Waals surface area contributed by atoms with Gasteiger partial charge in [-0.15, -0.1) is 0 Å². The van der Waals surface area contributed by atoms with Crippen LogP contribution in [0.15, 0.2) is 0 Å². The molecule has 3 nitrogen and oxygen atoms in total. The van der Waals surface area contributed by atoms with Gasteiger partial charge in [0.1, 0.15) is 0 Å². The molecule has 18 heavy (non-hydrogen) atoms. The number of nitrogens with one attached hydrogen (secondary N) is 2. The van der Waals surface area contributed by atoms with Gasteiger partial charge in [0.2, 0.25) is 5.91 Å². The number of amides is 1. The molecule has 0 radical (unpaired) electrons. The third-order valence-corrected chi connectivity index (χ3v) is 4.61. The molecule has 2 N–H and O–H groups in total. The largest absolute Gasteiger partial charge is 0.355 e. The van der Waals surface area contributed by atoms with E-state index in [1.807, 2.05) is 0 Å². The van der Waals surface area contributed by atoms with Crippen molar-refractivity contribution in [1.29, 1.82) is 0 Å². The highest BCUT2D eigenvalue weighted by Gasteiger charge is 2.27. The van der Waals surface area contributed by atoms with Crippen LogP contribution in [0.5, 0.6) is 0 Å². The fourth-order valence-corrected chi connectivity index (χ4v) is 3.48. The Hall–Kier alpha value is -0.570. The molecule has 0 bridgehead atoms. The molecule has 1 aliphatic heterocycles. The average Bonchev–Trinajstić information content (AvgIpc) is 2.62. The summed E-state index contributed by atoms with van der Waals surface area (Å²) in [6.07, 6.45) is 11.3. The van der Waals surface area contributed by atoms with Crippen molar-refractivity contribution in [1.82, 2.24) is 10.6 Å². The lowest BCUT2D eigenvalue weighted by molar-refractivity contribution is -0.123. The number of rotatable bonds is 4. The molecule has 1 heterocycles. The summed E-state index contributed by atoms with van der Waals surface area (Å²) >= 11 is 0.